The fourth-order valence-corrected chi connectivity index (χ4v) is 2.71. The van der Waals surface area contributed by atoms with Gasteiger partial charge >= 0.3 is 0 Å². The Morgan fingerprint density at radius 1 is 1.08 bits per heavy atom. The predicted octanol–water partition coefficient (Wildman–Crippen LogP) is 4.04. The van der Waals surface area contributed by atoms with Gasteiger partial charge in [0.1, 0.15) is 5.75 Å². The molecule has 9 nitrogen and oxygen atoms in total. The molecule has 2 amide bonds. The van der Waals surface area contributed by atoms with Crippen LogP contribution in [0.1, 0.15) is 5.56 Å². The standard InChI is InChI=1S/C16H10N4O5S/c21-13-6-3-11(7-9(13)8-14-15(22)17-16(23)26-14)19-18-10-1-4-12(5-2-10)20(24)25/h1-8,21H,(H,17,22,23)/b14-8-,19-18?. The van der Waals surface area contributed by atoms with Gasteiger partial charge in [-0.2, -0.15) is 10.2 Å². The lowest BCUT2D eigenvalue weighted by Crippen LogP contribution is -2.17. The van der Waals surface area contributed by atoms with E-state index in [9.17, 15) is 24.8 Å². The summed E-state index contributed by atoms with van der Waals surface area (Å²) < 4.78 is 0. The summed E-state index contributed by atoms with van der Waals surface area (Å²) in [6.45, 7) is 0. The van der Waals surface area contributed by atoms with E-state index in [0.29, 0.717) is 16.9 Å². The van der Waals surface area contributed by atoms with Crippen molar-refractivity contribution >= 4 is 46.0 Å². The number of carbonyl (C=O) groups is 2. The first-order chi connectivity index (χ1) is 12.4. The predicted molar refractivity (Wildman–Crippen MR) is 94.5 cm³/mol. The number of nitro groups is 1. The number of non-ortho nitro benzene ring substituents is 1. The van der Waals surface area contributed by atoms with E-state index in [2.05, 4.69) is 15.5 Å². The lowest BCUT2D eigenvalue weighted by Gasteiger charge is -2.01. The van der Waals surface area contributed by atoms with Crippen molar-refractivity contribution in [1.29, 1.82) is 0 Å². The fourth-order valence-electron chi connectivity index (χ4n) is 2.04. The summed E-state index contributed by atoms with van der Waals surface area (Å²) in [5, 5.41) is 30.1. The van der Waals surface area contributed by atoms with Crippen LogP contribution in [0.25, 0.3) is 6.08 Å². The van der Waals surface area contributed by atoms with Gasteiger partial charge in [0, 0.05) is 17.7 Å². The average Bonchev–Trinajstić information content (AvgIpc) is 2.93. The number of nitrogens with one attached hydrogen (secondary N) is 1. The molecule has 2 N–H and O–H groups in total. The fraction of sp³-hybridized carbons (Fsp3) is 0. The summed E-state index contributed by atoms with van der Waals surface area (Å²) in [5.41, 5.74) is 1.06. The zero-order valence-corrected chi connectivity index (χ0v) is 13.8. The molecule has 1 saturated heterocycles. The first kappa shape index (κ1) is 17.3. The average molecular weight is 370 g/mol. The molecule has 3 rings (SSSR count). The van der Waals surface area contributed by atoms with Crippen molar-refractivity contribution in [2.75, 3.05) is 0 Å². The van der Waals surface area contributed by atoms with E-state index in [1.54, 1.807) is 0 Å². The zero-order valence-electron chi connectivity index (χ0n) is 12.9. The van der Waals surface area contributed by atoms with E-state index >= 15 is 0 Å². The summed E-state index contributed by atoms with van der Waals surface area (Å²) in [5.74, 6) is -0.614. The van der Waals surface area contributed by atoms with E-state index in [4.69, 9.17) is 0 Å². The number of imide groups is 1. The quantitative estimate of drug-likeness (QED) is 0.361. The molecule has 0 saturated carbocycles. The van der Waals surface area contributed by atoms with Crippen LogP contribution in [0, 0.1) is 10.1 Å². The van der Waals surface area contributed by atoms with Crippen molar-refractivity contribution in [3.63, 3.8) is 0 Å². The van der Waals surface area contributed by atoms with Crippen LogP contribution < -0.4 is 5.32 Å². The largest absolute Gasteiger partial charge is 0.507 e. The van der Waals surface area contributed by atoms with Crippen molar-refractivity contribution in [3.05, 3.63) is 63.0 Å². The number of hydrogen-bond acceptors (Lipinski definition) is 8. The molecular formula is C16H10N4O5S. The number of amides is 2. The van der Waals surface area contributed by atoms with E-state index in [-0.39, 0.29) is 16.3 Å². The van der Waals surface area contributed by atoms with Crippen molar-refractivity contribution in [3.8, 4) is 5.75 Å². The summed E-state index contributed by atoms with van der Waals surface area (Å²) in [4.78, 5) is 33.0. The summed E-state index contributed by atoms with van der Waals surface area (Å²) in [6.07, 6.45) is 1.38. The highest BCUT2D eigenvalue weighted by Crippen LogP contribution is 2.31. The zero-order chi connectivity index (χ0) is 18.7. The number of azo groups is 1. The molecule has 0 radical (unpaired) electrons. The van der Waals surface area contributed by atoms with Crippen LogP contribution in [0.3, 0.4) is 0 Å². The van der Waals surface area contributed by atoms with Crippen LogP contribution in [-0.4, -0.2) is 21.2 Å². The number of rotatable bonds is 4. The van der Waals surface area contributed by atoms with Crippen molar-refractivity contribution in [2.24, 2.45) is 10.2 Å². The minimum Gasteiger partial charge on any atom is -0.507 e. The molecule has 0 bridgehead atoms. The van der Waals surface area contributed by atoms with E-state index in [1.165, 1.54) is 48.5 Å². The smallest absolute Gasteiger partial charge is 0.290 e. The van der Waals surface area contributed by atoms with Crippen molar-refractivity contribution in [1.82, 2.24) is 5.32 Å². The number of aromatic hydroxyl groups is 1. The first-order valence-electron chi connectivity index (χ1n) is 7.16. The third kappa shape index (κ3) is 3.92. The Kier molecular flexibility index (Phi) is 4.76. The van der Waals surface area contributed by atoms with E-state index in [0.717, 1.165) is 11.8 Å². The Labute approximate surface area is 150 Å². The normalized spacial score (nSPS) is 15.6. The third-order valence-corrected chi connectivity index (χ3v) is 4.09. The molecule has 26 heavy (non-hydrogen) atoms. The monoisotopic (exact) mass is 370 g/mol. The van der Waals surface area contributed by atoms with E-state index in [1.807, 2.05) is 0 Å². The lowest BCUT2D eigenvalue weighted by molar-refractivity contribution is -0.384. The van der Waals surface area contributed by atoms with Crippen molar-refractivity contribution < 1.29 is 19.6 Å². The molecule has 1 heterocycles. The van der Waals surface area contributed by atoms with Gasteiger partial charge in [-0.1, -0.05) is 0 Å². The second-order valence-corrected chi connectivity index (χ2v) is 6.08. The molecule has 0 atom stereocenters. The molecule has 10 heteroatoms. The Bertz CT molecular complexity index is 969. The molecule has 130 valence electrons. The van der Waals surface area contributed by atoms with Crippen LogP contribution in [0.15, 0.2) is 57.6 Å². The number of benzene rings is 2. The third-order valence-electron chi connectivity index (χ3n) is 3.28. The molecule has 0 unspecified atom stereocenters. The molecule has 0 spiro atoms. The van der Waals surface area contributed by atoms with Crippen LogP contribution in [0.4, 0.5) is 21.9 Å². The van der Waals surface area contributed by atoms with Crippen LogP contribution in [-0.2, 0) is 4.79 Å². The van der Waals surface area contributed by atoms with Gasteiger partial charge in [-0.3, -0.25) is 25.0 Å². The number of hydrogen-bond donors (Lipinski definition) is 2. The highest BCUT2D eigenvalue weighted by molar-refractivity contribution is 8.18. The number of phenols is 1. The van der Waals surface area contributed by atoms with Crippen LogP contribution >= 0.6 is 11.8 Å². The summed E-state index contributed by atoms with van der Waals surface area (Å²) in [6, 6.07) is 9.93. The Morgan fingerprint density at radius 2 is 1.73 bits per heavy atom. The van der Waals surface area contributed by atoms with Crippen LogP contribution in [0.5, 0.6) is 5.75 Å². The number of phenolic OH excluding ortho intramolecular Hbond substituents is 1. The SMILES string of the molecule is O=C1NC(=O)/C(=C/c2cc(N=Nc3ccc([N+](=O)[O-])cc3)ccc2O)S1. The first-order valence-corrected chi connectivity index (χ1v) is 7.98. The Hall–Kier alpha value is -3.53. The highest BCUT2D eigenvalue weighted by atomic mass is 32.2. The Balaban J connectivity index is 1.83. The molecule has 0 aliphatic carbocycles. The lowest BCUT2D eigenvalue weighted by atomic mass is 10.1. The second-order valence-electron chi connectivity index (χ2n) is 5.07. The molecule has 1 fully saturated rings. The van der Waals surface area contributed by atoms with Gasteiger partial charge in [-0.25, -0.2) is 0 Å². The maximum absolute atomic E-state index is 11.6. The summed E-state index contributed by atoms with van der Waals surface area (Å²) >= 11 is 0.738. The molecule has 0 aromatic heterocycles. The minimum absolute atomic E-state index is 0.0515. The van der Waals surface area contributed by atoms with Gasteiger partial charge in [0.05, 0.1) is 21.2 Å². The number of nitro benzene ring substituents is 1. The van der Waals surface area contributed by atoms with Gasteiger partial charge < -0.3 is 5.11 Å². The highest BCUT2D eigenvalue weighted by Gasteiger charge is 2.25. The molecule has 1 aliphatic heterocycles. The Morgan fingerprint density at radius 3 is 2.35 bits per heavy atom. The molecule has 2 aromatic rings. The molecule has 2 aromatic carbocycles. The maximum atomic E-state index is 11.6. The van der Waals surface area contributed by atoms with Gasteiger partial charge in [-0.15, -0.1) is 0 Å². The molecule has 1 aliphatic rings. The number of thioether (sulfide) groups is 1. The summed E-state index contributed by atoms with van der Waals surface area (Å²) in [7, 11) is 0. The topological polar surface area (TPSA) is 134 Å². The van der Waals surface area contributed by atoms with Crippen LogP contribution in [0.2, 0.25) is 0 Å². The minimum atomic E-state index is -0.530. The second kappa shape index (κ2) is 7.15. The number of nitrogens with zero attached hydrogens (tertiary/aromatic N) is 3. The van der Waals surface area contributed by atoms with Gasteiger partial charge in [0.25, 0.3) is 16.8 Å². The molecular weight excluding hydrogens is 360 g/mol. The van der Waals surface area contributed by atoms with E-state index < -0.39 is 16.1 Å². The van der Waals surface area contributed by atoms with Gasteiger partial charge in [0.15, 0.2) is 0 Å². The van der Waals surface area contributed by atoms with Crippen molar-refractivity contribution in [2.45, 2.75) is 0 Å². The number of carbonyl (C=O) groups excluding carboxylic acids is 2. The van der Waals surface area contributed by atoms with Gasteiger partial charge in [-0.05, 0) is 48.2 Å². The maximum Gasteiger partial charge on any atom is 0.290 e. The van der Waals surface area contributed by atoms with Gasteiger partial charge in [0.2, 0.25) is 0 Å².